The van der Waals surface area contributed by atoms with Gasteiger partial charge in [0.1, 0.15) is 29.3 Å². The molecule has 186 valence electrons. The highest BCUT2D eigenvalue weighted by Gasteiger charge is 2.33. The summed E-state index contributed by atoms with van der Waals surface area (Å²) >= 11 is 6.51. The van der Waals surface area contributed by atoms with Gasteiger partial charge in [-0.25, -0.2) is 9.97 Å². The Morgan fingerprint density at radius 2 is 1.94 bits per heavy atom. The molecule has 0 spiro atoms. The summed E-state index contributed by atoms with van der Waals surface area (Å²) < 4.78 is 11.7. The number of ether oxygens (including phenoxy) is 2. The van der Waals surface area contributed by atoms with Crippen molar-refractivity contribution in [1.29, 1.82) is 0 Å². The molecule has 8 nitrogen and oxygen atoms in total. The molecule has 0 unspecified atom stereocenters. The third-order valence-corrected chi connectivity index (χ3v) is 6.60. The fraction of sp³-hybridized carbons (Fsp3) is 0.296. The van der Waals surface area contributed by atoms with Gasteiger partial charge >= 0.3 is 0 Å². The Labute approximate surface area is 213 Å². The molecule has 2 aromatic carbocycles. The number of anilines is 1. The maximum absolute atomic E-state index is 13.5. The maximum atomic E-state index is 13.5. The van der Waals surface area contributed by atoms with Crippen LogP contribution < -0.4 is 10.1 Å². The van der Waals surface area contributed by atoms with Crippen LogP contribution in [-0.4, -0.2) is 50.2 Å². The summed E-state index contributed by atoms with van der Waals surface area (Å²) in [6.45, 7) is 3.92. The van der Waals surface area contributed by atoms with E-state index in [2.05, 4.69) is 20.3 Å². The lowest BCUT2D eigenvalue weighted by atomic mass is 9.93. The Kier molecular flexibility index (Phi) is 6.66. The minimum atomic E-state index is -0.895. The molecular formula is C27H27ClN4O4. The molecule has 2 aromatic heterocycles. The third-order valence-electron chi connectivity index (χ3n) is 6.28. The molecule has 0 amide bonds. The van der Waals surface area contributed by atoms with E-state index in [1.807, 2.05) is 30.3 Å². The fourth-order valence-corrected chi connectivity index (χ4v) is 4.64. The molecule has 3 heterocycles. The van der Waals surface area contributed by atoms with Crippen molar-refractivity contribution >= 4 is 34.2 Å². The second-order valence-corrected chi connectivity index (χ2v) is 9.84. The van der Waals surface area contributed by atoms with Crippen LogP contribution >= 0.6 is 11.6 Å². The molecule has 4 aromatic rings. The molecule has 1 fully saturated rings. The number of aliphatic hydroxyl groups is 1. The number of nitrogens with one attached hydrogen (secondary N) is 2. The zero-order valence-corrected chi connectivity index (χ0v) is 20.7. The summed E-state index contributed by atoms with van der Waals surface area (Å²) in [5, 5.41) is 14.5. The van der Waals surface area contributed by atoms with Crippen LogP contribution in [0.3, 0.4) is 0 Å². The summed E-state index contributed by atoms with van der Waals surface area (Å²) in [5.41, 5.74) is 0.413. The number of hydrogen-bond acceptors (Lipinski definition) is 7. The number of carbonyl (C=O) groups excluding carboxylic acids is 1. The molecule has 0 saturated carbocycles. The summed E-state index contributed by atoms with van der Waals surface area (Å²) in [4.78, 5) is 25.3. The first-order valence-corrected chi connectivity index (χ1v) is 12.2. The largest absolute Gasteiger partial charge is 0.457 e. The number of halogens is 1. The monoisotopic (exact) mass is 506 g/mol. The molecule has 0 aliphatic carbocycles. The van der Waals surface area contributed by atoms with E-state index in [-0.39, 0.29) is 23.0 Å². The van der Waals surface area contributed by atoms with Gasteiger partial charge in [0.2, 0.25) is 0 Å². The fourth-order valence-electron chi connectivity index (χ4n) is 4.38. The van der Waals surface area contributed by atoms with Gasteiger partial charge in [-0.15, -0.1) is 0 Å². The van der Waals surface area contributed by atoms with E-state index < -0.39 is 5.60 Å². The van der Waals surface area contributed by atoms with Crippen LogP contribution in [0.2, 0.25) is 5.02 Å². The normalized spacial score (nSPS) is 18.2. The van der Waals surface area contributed by atoms with Gasteiger partial charge in [0.05, 0.1) is 40.3 Å². The van der Waals surface area contributed by atoms with E-state index in [0.717, 1.165) is 6.42 Å². The van der Waals surface area contributed by atoms with Crippen molar-refractivity contribution in [2.24, 2.45) is 0 Å². The van der Waals surface area contributed by atoms with Gasteiger partial charge in [-0.1, -0.05) is 29.8 Å². The first kappa shape index (κ1) is 24.2. The molecule has 3 N–H and O–H groups in total. The van der Waals surface area contributed by atoms with Gasteiger partial charge in [0, 0.05) is 17.8 Å². The minimum Gasteiger partial charge on any atom is -0.457 e. The Bertz CT molecular complexity index is 1380. The number of nitrogens with zero attached hydrogens (tertiary/aromatic N) is 2. The van der Waals surface area contributed by atoms with Crippen LogP contribution in [0.1, 0.15) is 42.6 Å². The molecular weight excluding hydrogens is 480 g/mol. The highest BCUT2D eigenvalue weighted by atomic mass is 35.5. The lowest BCUT2D eigenvalue weighted by Gasteiger charge is -2.36. The van der Waals surface area contributed by atoms with Crippen LogP contribution in [0.4, 0.5) is 5.82 Å². The lowest BCUT2D eigenvalue weighted by molar-refractivity contribution is -0.110. The van der Waals surface area contributed by atoms with E-state index in [1.54, 1.807) is 38.2 Å². The summed E-state index contributed by atoms with van der Waals surface area (Å²) in [7, 11) is 0. The van der Waals surface area contributed by atoms with Crippen molar-refractivity contribution in [1.82, 2.24) is 15.0 Å². The first-order valence-electron chi connectivity index (χ1n) is 11.8. The summed E-state index contributed by atoms with van der Waals surface area (Å²) in [5.74, 6) is 1.50. The first-order chi connectivity index (χ1) is 17.3. The number of aromatic amines is 1. The molecule has 1 saturated heterocycles. The molecule has 36 heavy (non-hydrogen) atoms. The highest BCUT2D eigenvalue weighted by Crippen LogP contribution is 2.32. The van der Waals surface area contributed by atoms with Gasteiger partial charge in [0.25, 0.3) is 0 Å². The number of ketones is 1. The maximum Gasteiger partial charge on any atom is 0.196 e. The zero-order chi connectivity index (χ0) is 25.3. The number of carbonyl (C=O) groups is 1. The standard InChI is InChI=1S/C27H27ClN4O4/c1-27(2,34)22-11-8-16(14-35-22)32-26-23-20(13-29-25(23)30-15-31-26)24(33)19-10-9-18(12-21(19)28)36-17-6-4-3-5-7-17/h3-7,9-10,12-13,15-16,22,34H,8,11,14H2,1-2H3,(H2,29,30,31,32)/t16-,22+/m1/s1. The van der Waals surface area contributed by atoms with Crippen LogP contribution in [0, 0.1) is 0 Å². The quantitative estimate of drug-likeness (QED) is 0.289. The minimum absolute atomic E-state index is 0.0161. The Morgan fingerprint density at radius 3 is 2.64 bits per heavy atom. The lowest BCUT2D eigenvalue weighted by Crippen LogP contribution is -2.45. The zero-order valence-electron chi connectivity index (χ0n) is 20.0. The van der Waals surface area contributed by atoms with E-state index >= 15 is 0 Å². The Morgan fingerprint density at radius 1 is 1.14 bits per heavy atom. The predicted octanol–water partition coefficient (Wildman–Crippen LogP) is 5.37. The summed E-state index contributed by atoms with van der Waals surface area (Å²) in [6.07, 6.45) is 4.35. The van der Waals surface area contributed by atoms with Crippen molar-refractivity contribution < 1.29 is 19.4 Å². The van der Waals surface area contributed by atoms with Crippen LogP contribution in [0.5, 0.6) is 11.5 Å². The van der Waals surface area contributed by atoms with E-state index in [0.29, 0.717) is 52.5 Å². The number of hydrogen-bond donors (Lipinski definition) is 3. The smallest absolute Gasteiger partial charge is 0.196 e. The van der Waals surface area contributed by atoms with Crippen LogP contribution in [-0.2, 0) is 4.74 Å². The second kappa shape index (κ2) is 9.89. The molecule has 5 rings (SSSR count). The predicted molar refractivity (Wildman–Crippen MR) is 138 cm³/mol. The number of H-pyrrole nitrogens is 1. The van der Waals surface area contributed by atoms with E-state index in [1.165, 1.54) is 6.33 Å². The van der Waals surface area contributed by atoms with Gasteiger partial charge < -0.3 is 24.9 Å². The van der Waals surface area contributed by atoms with Crippen molar-refractivity contribution in [3.8, 4) is 11.5 Å². The summed E-state index contributed by atoms with van der Waals surface area (Å²) in [6, 6.07) is 14.3. The van der Waals surface area contributed by atoms with Gasteiger partial charge in [-0.3, -0.25) is 4.79 Å². The SMILES string of the molecule is CC(C)(O)[C@@H]1CC[C@@H](Nc2ncnc3[nH]cc(C(=O)c4ccc(Oc5ccccc5)cc4Cl)c23)CO1. The van der Waals surface area contributed by atoms with Crippen LogP contribution in [0.25, 0.3) is 11.0 Å². The second-order valence-electron chi connectivity index (χ2n) is 9.43. The molecule has 0 radical (unpaired) electrons. The number of rotatable bonds is 7. The Balaban J connectivity index is 1.38. The number of fused-ring (bicyclic) bond motifs is 1. The van der Waals surface area contributed by atoms with Gasteiger partial charge in [-0.05, 0) is 51.0 Å². The average Bonchev–Trinajstić information content (AvgIpc) is 3.30. The molecule has 1 aliphatic heterocycles. The van der Waals surface area contributed by atoms with Crippen molar-refractivity contribution in [3.05, 3.63) is 77.2 Å². The van der Waals surface area contributed by atoms with Gasteiger partial charge in [-0.2, -0.15) is 0 Å². The molecule has 2 atom stereocenters. The van der Waals surface area contributed by atoms with E-state index in [9.17, 15) is 9.90 Å². The Hall–Kier alpha value is -3.46. The van der Waals surface area contributed by atoms with Crippen molar-refractivity contribution in [2.75, 3.05) is 11.9 Å². The molecule has 0 bridgehead atoms. The van der Waals surface area contributed by atoms with Gasteiger partial charge in [0.15, 0.2) is 5.78 Å². The number of benzene rings is 2. The highest BCUT2D eigenvalue weighted by molar-refractivity contribution is 6.35. The number of aromatic nitrogens is 3. The molecule has 1 aliphatic rings. The number of para-hydroxylation sites is 1. The molecule has 9 heteroatoms. The topological polar surface area (TPSA) is 109 Å². The van der Waals surface area contributed by atoms with Crippen LogP contribution in [0.15, 0.2) is 61.1 Å². The van der Waals surface area contributed by atoms with Crippen molar-refractivity contribution in [2.45, 2.75) is 44.4 Å². The van der Waals surface area contributed by atoms with Crippen molar-refractivity contribution in [3.63, 3.8) is 0 Å². The average molecular weight is 507 g/mol. The van der Waals surface area contributed by atoms with E-state index in [4.69, 9.17) is 21.1 Å². The third kappa shape index (κ3) is 5.06.